The third-order valence-electron chi connectivity index (χ3n) is 5.51. The number of hydrazone groups is 1. The summed E-state index contributed by atoms with van der Waals surface area (Å²) in [5, 5.41) is 24.3. The Labute approximate surface area is 205 Å². The van der Waals surface area contributed by atoms with Gasteiger partial charge in [0, 0.05) is 14.1 Å². The van der Waals surface area contributed by atoms with Crippen LogP contribution in [0.1, 0.15) is 5.56 Å². The number of rotatable bonds is 9. The van der Waals surface area contributed by atoms with E-state index >= 15 is 0 Å². The van der Waals surface area contributed by atoms with E-state index in [0.717, 1.165) is 4.57 Å². The van der Waals surface area contributed by atoms with Crippen molar-refractivity contribution in [2.75, 3.05) is 19.1 Å². The van der Waals surface area contributed by atoms with E-state index in [1.807, 2.05) is 0 Å². The number of methoxy groups -OCH3 is 1. The molecule has 0 radical (unpaired) electrons. The molecule has 12 nitrogen and oxygen atoms in total. The number of aryl methyl sites for hydroxylation is 1. The molecule has 0 bridgehead atoms. The maximum absolute atomic E-state index is 13.0. The van der Waals surface area contributed by atoms with Gasteiger partial charge < -0.3 is 24.3 Å². The number of nitrogens with one attached hydrogen (secondary N) is 1. The normalized spacial score (nSPS) is 12.2. The second-order valence-electron chi connectivity index (χ2n) is 8.03. The first kappa shape index (κ1) is 24.5. The van der Waals surface area contributed by atoms with E-state index in [2.05, 4.69) is 15.5 Å². The fourth-order valence-corrected chi connectivity index (χ4v) is 3.56. The number of aliphatic hydroxyl groups is 1. The third-order valence-corrected chi connectivity index (χ3v) is 5.51. The minimum Gasteiger partial charge on any atom is -0.508 e. The number of aromatic hydroxyl groups is 1. The van der Waals surface area contributed by atoms with Gasteiger partial charge in [0.2, 0.25) is 5.95 Å². The largest absolute Gasteiger partial charge is 0.508 e. The number of hydrogen-bond donors (Lipinski definition) is 3. The van der Waals surface area contributed by atoms with Crippen LogP contribution in [0.3, 0.4) is 0 Å². The maximum atomic E-state index is 13.0. The van der Waals surface area contributed by atoms with Crippen molar-refractivity contribution in [3.05, 3.63) is 74.9 Å². The molecule has 2 heterocycles. The molecule has 0 amide bonds. The fraction of sp³-hybridized carbons (Fsp3) is 0.250. The minimum absolute atomic E-state index is 0.0584. The number of benzene rings is 2. The lowest BCUT2D eigenvalue weighted by molar-refractivity contribution is 0.0938. The molecule has 1 atom stereocenters. The minimum atomic E-state index is -1.02. The number of nitrogens with zero attached hydrogens (tertiary/aromatic N) is 5. The number of anilines is 1. The average Bonchev–Trinajstić information content (AvgIpc) is 3.24. The summed E-state index contributed by atoms with van der Waals surface area (Å²) in [5.41, 5.74) is 2.68. The van der Waals surface area contributed by atoms with Crippen molar-refractivity contribution >= 4 is 23.3 Å². The Morgan fingerprint density at radius 3 is 2.39 bits per heavy atom. The van der Waals surface area contributed by atoms with E-state index in [1.54, 1.807) is 43.5 Å². The fourth-order valence-electron chi connectivity index (χ4n) is 3.56. The number of hydrogen-bond acceptors (Lipinski definition) is 9. The Balaban J connectivity index is 1.62. The van der Waals surface area contributed by atoms with Gasteiger partial charge in [-0.2, -0.15) is 10.1 Å². The van der Waals surface area contributed by atoms with Crippen LogP contribution in [0.5, 0.6) is 17.2 Å². The molecule has 3 N–H and O–H groups in total. The molecule has 2 aromatic carbocycles. The summed E-state index contributed by atoms with van der Waals surface area (Å²) in [5.74, 6) is 1.50. The van der Waals surface area contributed by atoms with E-state index in [9.17, 15) is 19.8 Å². The molecule has 0 saturated carbocycles. The topological polar surface area (TPSA) is 145 Å². The van der Waals surface area contributed by atoms with E-state index in [0.29, 0.717) is 17.1 Å². The summed E-state index contributed by atoms with van der Waals surface area (Å²) in [4.78, 5) is 29.8. The van der Waals surface area contributed by atoms with E-state index in [1.165, 1.54) is 41.6 Å². The van der Waals surface area contributed by atoms with Crippen molar-refractivity contribution in [2.24, 2.45) is 19.2 Å². The van der Waals surface area contributed by atoms with Gasteiger partial charge in [0.15, 0.2) is 11.2 Å². The Morgan fingerprint density at radius 2 is 1.72 bits per heavy atom. The summed E-state index contributed by atoms with van der Waals surface area (Å²) in [7, 11) is 4.45. The van der Waals surface area contributed by atoms with Gasteiger partial charge in [-0.1, -0.05) is 0 Å². The number of phenols is 1. The first-order valence-corrected chi connectivity index (χ1v) is 11.0. The van der Waals surface area contributed by atoms with Gasteiger partial charge in [-0.15, -0.1) is 0 Å². The summed E-state index contributed by atoms with van der Waals surface area (Å²) < 4.78 is 14.5. The molecule has 0 aliphatic carbocycles. The van der Waals surface area contributed by atoms with Crippen molar-refractivity contribution in [2.45, 2.75) is 12.6 Å². The molecule has 188 valence electrons. The first-order chi connectivity index (χ1) is 17.3. The predicted octanol–water partition coefficient (Wildman–Crippen LogP) is 1.03. The molecular formula is C24H26N6O6. The summed E-state index contributed by atoms with van der Waals surface area (Å²) in [6.45, 7) is -0.120. The van der Waals surface area contributed by atoms with Crippen molar-refractivity contribution in [1.29, 1.82) is 0 Å². The highest BCUT2D eigenvalue weighted by molar-refractivity contribution is 5.80. The molecule has 0 aliphatic heterocycles. The van der Waals surface area contributed by atoms with Gasteiger partial charge in [0.05, 0.1) is 19.9 Å². The molecule has 4 rings (SSSR count). The number of aromatic nitrogens is 4. The lowest BCUT2D eigenvalue weighted by atomic mass is 10.2. The van der Waals surface area contributed by atoms with Crippen molar-refractivity contribution in [3.8, 4) is 17.2 Å². The molecule has 0 spiro atoms. The van der Waals surface area contributed by atoms with Gasteiger partial charge in [-0.3, -0.25) is 13.9 Å². The molecule has 0 fully saturated rings. The molecular weight excluding hydrogens is 468 g/mol. The van der Waals surface area contributed by atoms with E-state index in [-0.39, 0.29) is 36.0 Å². The molecule has 4 aromatic rings. The Bertz CT molecular complexity index is 1500. The Morgan fingerprint density at radius 1 is 1.06 bits per heavy atom. The third kappa shape index (κ3) is 5.08. The summed E-state index contributed by atoms with van der Waals surface area (Å²) >= 11 is 0. The lowest BCUT2D eigenvalue weighted by Gasteiger charge is -2.15. The molecule has 0 aliphatic rings. The lowest BCUT2D eigenvalue weighted by Crippen LogP contribution is -2.38. The standard InChI is InChI=1S/C24H26N6O6/c1-28-21-20(22(33)29(2)24(28)34)30(13-17(32)14-36-19-10-8-18(35-3)9-11-19)23(26-21)27-25-12-15-4-6-16(31)7-5-15/h4-12,17,31-32H,13-14H2,1-3H3,(H,26,27)/b25-12-/t17-/m0/s1. The monoisotopic (exact) mass is 494 g/mol. The summed E-state index contributed by atoms with van der Waals surface area (Å²) in [6.07, 6.45) is 0.483. The number of imidazole rings is 1. The maximum Gasteiger partial charge on any atom is 0.332 e. The number of ether oxygens (including phenoxy) is 2. The first-order valence-electron chi connectivity index (χ1n) is 11.0. The quantitative estimate of drug-likeness (QED) is 0.231. The number of fused-ring (bicyclic) bond motifs is 1. The van der Waals surface area contributed by atoms with Crippen LogP contribution in [0.25, 0.3) is 11.2 Å². The smallest absolute Gasteiger partial charge is 0.332 e. The molecule has 12 heteroatoms. The van der Waals surface area contributed by atoms with Crippen LogP contribution in [0.4, 0.5) is 5.95 Å². The zero-order chi connectivity index (χ0) is 25.8. The van der Waals surface area contributed by atoms with Crippen LogP contribution >= 0.6 is 0 Å². The highest BCUT2D eigenvalue weighted by Gasteiger charge is 2.21. The van der Waals surface area contributed by atoms with Crippen LogP contribution < -0.4 is 26.1 Å². The average molecular weight is 495 g/mol. The van der Waals surface area contributed by atoms with Crippen molar-refractivity contribution in [3.63, 3.8) is 0 Å². The van der Waals surface area contributed by atoms with Gasteiger partial charge >= 0.3 is 5.69 Å². The Hall–Kier alpha value is -4.58. The van der Waals surface area contributed by atoms with Crippen molar-refractivity contribution in [1.82, 2.24) is 18.7 Å². The molecule has 0 unspecified atom stereocenters. The zero-order valence-corrected chi connectivity index (χ0v) is 20.0. The predicted molar refractivity (Wildman–Crippen MR) is 134 cm³/mol. The SMILES string of the molecule is COc1ccc(OC[C@@H](O)Cn2c(N/N=C\c3ccc(O)cc3)nc3c2c(=O)n(C)c(=O)n3C)cc1. The molecule has 36 heavy (non-hydrogen) atoms. The van der Waals surface area contributed by atoms with Gasteiger partial charge in [-0.05, 0) is 54.1 Å². The van der Waals surface area contributed by atoms with Crippen LogP contribution in [0.15, 0.2) is 63.2 Å². The van der Waals surface area contributed by atoms with Crippen LogP contribution in [-0.2, 0) is 20.6 Å². The van der Waals surface area contributed by atoms with Gasteiger partial charge in [0.1, 0.15) is 30.0 Å². The van der Waals surface area contributed by atoms with Gasteiger partial charge in [0.25, 0.3) is 5.56 Å². The van der Waals surface area contributed by atoms with E-state index < -0.39 is 17.4 Å². The van der Waals surface area contributed by atoms with Crippen LogP contribution in [0.2, 0.25) is 0 Å². The highest BCUT2D eigenvalue weighted by atomic mass is 16.5. The molecule has 2 aromatic heterocycles. The van der Waals surface area contributed by atoms with E-state index in [4.69, 9.17) is 9.47 Å². The second-order valence-corrected chi connectivity index (χ2v) is 8.03. The van der Waals surface area contributed by atoms with Gasteiger partial charge in [-0.25, -0.2) is 10.2 Å². The van der Waals surface area contributed by atoms with Crippen LogP contribution in [0, 0.1) is 0 Å². The summed E-state index contributed by atoms with van der Waals surface area (Å²) in [6, 6.07) is 13.3. The number of aliphatic hydroxyl groups excluding tert-OH is 1. The highest BCUT2D eigenvalue weighted by Crippen LogP contribution is 2.19. The zero-order valence-electron chi connectivity index (χ0n) is 20.0. The van der Waals surface area contributed by atoms with Crippen LogP contribution in [-0.4, -0.2) is 54.9 Å². The number of phenolic OH excluding ortho intramolecular Hbond substituents is 1. The van der Waals surface area contributed by atoms with Crippen molar-refractivity contribution < 1.29 is 19.7 Å². The second kappa shape index (κ2) is 10.4. The molecule has 0 saturated heterocycles. The Kier molecular flexibility index (Phi) is 7.06.